The Bertz CT molecular complexity index is 1310. The van der Waals surface area contributed by atoms with Gasteiger partial charge in [-0.2, -0.15) is 13.7 Å². The molecule has 0 atom stereocenters. The highest BCUT2D eigenvalue weighted by Gasteiger charge is 2.15. The number of anilines is 2. The first-order chi connectivity index (χ1) is 14.9. The molecule has 31 heavy (non-hydrogen) atoms. The summed E-state index contributed by atoms with van der Waals surface area (Å²) < 4.78 is 40.0. The summed E-state index contributed by atoms with van der Waals surface area (Å²) in [4.78, 5) is 0. The van der Waals surface area contributed by atoms with Crippen LogP contribution in [0.25, 0.3) is 11.3 Å². The van der Waals surface area contributed by atoms with Crippen molar-refractivity contribution in [3.63, 3.8) is 0 Å². The molecule has 0 amide bonds. The number of rotatable bonds is 7. The van der Waals surface area contributed by atoms with E-state index in [9.17, 15) is 13.7 Å². The molecule has 0 aliphatic carbocycles. The molecule has 0 radical (unpaired) electrons. The second kappa shape index (κ2) is 8.31. The van der Waals surface area contributed by atoms with Crippen LogP contribution in [0.2, 0.25) is 0 Å². The average Bonchev–Trinajstić information content (AvgIpc) is 3.46. The van der Waals surface area contributed by atoms with Gasteiger partial charge in [0, 0.05) is 5.56 Å². The zero-order chi connectivity index (χ0) is 21.8. The molecule has 156 valence electrons. The SMILES string of the molecule is N#Cc1ccc(N(Cc2ccc(NS(=O)(=O)O)cc2)n2cnnc2)cc1-c1ccco1. The molecule has 0 saturated carbocycles. The first kappa shape index (κ1) is 20.1. The minimum Gasteiger partial charge on any atom is -0.464 e. The van der Waals surface area contributed by atoms with Crippen molar-refractivity contribution in [3.8, 4) is 17.4 Å². The third-order valence-corrected chi connectivity index (χ3v) is 4.92. The van der Waals surface area contributed by atoms with Crippen molar-refractivity contribution in [2.45, 2.75) is 6.54 Å². The van der Waals surface area contributed by atoms with E-state index in [1.807, 2.05) is 15.8 Å². The maximum atomic E-state index is 11.0. The van der Waals surface area contributed by atoms with Crippen molar-refractivity contribution in [1.29, 1.82) is 5.26 Å². The molecule has 0 fully saturated rings. The Morgan fingerprint density at radius 3 is 2.48 bits per heavy atom. The third kappa shape index (κ3) is 4.72. The molecular weight excluding hydrogens is 420 g/mol. The number of furan rings is 1. The predicted octanol–water partition coefficient (Wildman–Crippen LogP) is 3.09. The van der Waals surface area contributed by atoms with E-state index in [-0.39, 0.29) is 5.69 Å². The summed E-state index contributed by atoms with van der Waals surface area (Å²) in [5.74, 6) is 0.572. The van der Waals surface area contributed by atoms with Crippen molar-refractivity contribution in [2.75, 3.05) is 9.73 Å². The fraction of sp³-hybridized carbons (Fsp3) is 0.0500. The summed E-state index contributed by atoms with van der Waals surface area (Å²) in [5, 5.41) is 19.1. The molecule has 2 heterocycles. The lowest BCUT2D eigenvalue weighted by atomic mass is 10.0. The van der Waals surface area contributed by atoms with Gasteiger partial charge in [-0.25, -0.2) is 4.68 Å². The number of hydrogen-bond donors (Lipinski definition) is 2. The van der Waals surface area contributed by atoms with Crippen molar-refractivity contribution in [1.82, 2.24) is 14.9 Å². The fourth-order valence-corrected chi connectivity index (χ4v) is 3.49. The number of benzene rings is 2. The van der Waals surface area contributed by atoms with Crippen LogP contribution in [-0.4, -0.2) is 27.8 Å². The molecule has 11 heteroatoms. The molecule has 0 aliphatic rings. The Labute approximate surface area is 177 Å². The molecule has 0 bridgehead atoms. The van der Waals surface area contributed by atoms with E-state index in [1.54, 1.807) is 72.1 Å². The minimum absolute atomic E-state index is 0.237. The lowest BCUT2D eigenvalue weighted by molar-refractivity contribution is 0.489. The van der Waals surface area contributed by atoms with Crippen LogP contribution in [0, 0.1) is 11.3 Å². The van der Waals surface area contributed by atoms with Crippen LogP contribution in [0.15, 0.2) is 77.9 Å². The summed E-state index contributed by atoms with van der Waals surface area (Å²) in [6, 6.07) is 17.6. The van der Waals surface area contributed by atoms with Gasteiger partial charge in [-0.15, -0.1) is 10.2 Å². The van der Waals surface area contributed by atoms with Gasteiger partial charge in [0.15, 0.2) is 0 Å². The summed E-state index contributed by atoms with van der Waals surface area (Å²) in [5.41, 5.74) is 2.96. The Morgan fingerprint density at radius 1 is 1.13 bits per heavy atom. The van der Waals surface area contributed by atoms with E-state index < -0.39 is 10.3 Å². The molecule has 2 N–H and O–H groups in total. The molecule has 0 spiro atoms. The van der Waals surface area contributed by atoms with Gasteiger partial charge in [0.05, 0.1) is 35.8 Å². The molecule has 10 nitrogen and oxygen atoms in total. The summed E-state index contributed by atoms with van der Waals surface area (Å²) in [7, 11) is -4.34. The van der Waals surface area contributed by atoms with Crippen LogP contribution in [0.5, 0.6) is 0 Å². The molecule has 0 aliphatic heterocycles. The van der Waals surface area contributed by atoms with Crippen LogP contribution in [-0.2, 0) is 16.8 Å². The normalized spacial score (nSPS) is 11.1. The van der Waals surface area contributed by atoms with Gasteiger partial charge in [0.25, 0.3) is 0 Å². The zero-order valence-electron chi connectivity index (χ0n) is 16.0. The van der Waals surface area contributed by atoms with Gasteiger partial charge in [0.1, 0.15) is 18.4 Å². The Balaban J connectivity index is 1.69. The Morgan fingerprint density at radius 2 is 1.87 bits per heavy atom. The first-order valence-electron chi connectivity index (χ1n) is 8.97. The van der Waals surface area contributed by atoms with E-state index in [1.165, 1.54) is 0 Å². The van der Waals surface area contributed by atoms with Gasteiger partial charge in [-0.05, 0) is 48.0 Å². The number of nitriles is 1. The molecule has 4 aromatic rings. The highest BCUT2D eigenvalue weighted by Crippen LogP contribution is 2.30. The van der Waals surface area contributed by atoms with E-state index in [0.717, 1.165) is 11.3 Å². The van der Waals surface area contributed by atoms with Crippen LogP contribution in [0.3, 0.4) is 0 Å². The smallest absolute Gasteiger partial charge is 0.357 e. The minimum atomic E-state index is -4.34. The average molecular weight is 436 g/mol. The largest absolute Gasteiger partial charge is 0.464 e. The Kier molecular flexibility index (Phi) is 5.40. The van der Waals surface area contributed by atoms with E-state index >= 15 is 0 Å². The monoisotopic (exact) mass is 436 g/mol. The zero-order valence-corrected chi connectivity index (χ0v) is 16.8. The lowest BCUT2D eigenvalue weighted by Gasteiger charge is -2.25. The van der Waals surface area contributed by atoms with Crippen LogP contribution < -0.4 is 9.73 Å². The second-order valence-electron chi connectivity index (χ2n) is 6.49. The molecule has 4 rings (SSSR count). The summed E-state index contributed by atoms with van der Waals surface area (Å²) >= 11 is 0. The van der Waals surface area contributed by atoms with Gasteiger partial charge < -0.3 is 4.42 Å². The molecular formula is C20H16N6O4S. The van der Waals surface area contributed by atoms with E-state index in [2.05, 4.69) is 16.3 Å². The van der Waals surface area contributed by atoms with E-state index in [0.29, 0.717) is 23.4 Å². The van der Waals surface area contributed by atoms with Gasteiger partial charge >= 0.3 is 10.3 Å². The standard InChI is InChI=1S/C20H16N6O4S/c21-11-16-5-8-18(10-19(16)20-2-1-9-30-20)26(25-13-22-23-14-25)12-15-3-6-17(7-4-15)24-31(27,28)29/h1-10,13-14,24H,12H2,(H,27,28,29). The summed E-state index contributed by atoms with van der Waals surface area (Å²) in [6.45, 7) is 0.383. The maximum absolute atomic E-state index is 11.0. The highest BCUT2D eigenvalue weighted by molar-refractivity contribution is 7.87. The highest BCUT2D eigenvalue weighted by atomic mass is 32.2. The van der Waals surface area contributed by atoms with Gasteiger partial charge in [0.2, 0.25) is 0 Å². The van der Waals surface area contributed by atoms with Crippen molar-refractivity contribution >= 4 is 21.7 Å². The maximum Gasteiger partial charge on any atom is 0.357 e. The van der Waals surface area contributed by atoms with Crippen molar-refractivity contribution in [2.24, 2.45) is 0 Å². The van der Waals surface area contributed by atoms with Gasteiger partial charge in [-0.3, -0.25) is 14.3 Å². The molecule has 0 saturated heterocycles. The van der Waals surface area contributed by atoms with E-state index in [4.69, 9.17) is 8.97 Å². The predicted molar refractivity (Wildman–Crippen MR) is 112 cm³/mol. The number of nitrogens with zero attached hydrogens (tertiary/aromatic N) is 5. The lowest BCUT2D eigenvalue weighted by Crippen LogP contribution is -2.28. The molecule has 2 aromatic heterocycles. The van der Waals surface area contributed by atoms with Crippen LogP contribution in [0.4, 0.5) is 11.4 Å². The number of nitrogens with one attached hydrogen (secondary N) is 1. The molecule has 0 unspecified atom stereocenters. The number of aromatic nitrogens is 3. The first-order valence-corrected chi connectivity index (χ1v) is 10.4. The van der Waals surface area contributed by atoms with Crippen LogP contribution >= 0.6 is 0 Å². The molecule has 2 aromatic carbocycles. The van der Waals surface area contributed by atoms with Crippen molar-refractivity contribution < 1.29 is 17.4 Å². The number of hydrogen-bond acceptors (Lipinski definition) is 7. The quantitative estimate of drug-likeness (QED) is 0.422. The fourth-order valence-electron chi connectivity index (χ4n) is 3.05. The van der Waals surface area contributed by atoms with Crippen molar-refractivity contribution in [3.05, 3.63) is 84.6 Å². The van der Waals surface area contributed by atoms with Gasteiger partial charge in [-0.1, -0.05) is 12.1 Å². The summed E-state index contributed by atoms with van der Waals surface area (Å²) in [6.07, 6.45) is 4.63. The second-order valence-corrected chi connectivity index (χ2v) is 7.65. The topological polar surface area (TPSA) is 137 Å². The van der Waals surface area contributed by atoms with Crippen LogP contribution in [0.1, 0.15) is 11.1 Å². The Hall–Kier alpha value is -4.14. The third-order valence-electron chi connectivity index (χ3n) is 4.43.